The van der Waals surface area contributed by atoms with Gasteiger partial charge in [-0.15, -0.1) is 0 Å². The summed E-state index contributed by atoms with van der Waals surface area (Å²) in [6.45, 7) is 0. The van der Waals surface area contributed by atoms with Gasteiger partial charge >= 0.3 is 29.8 Å². The van der Waals surface area contributed by atoms with Gasteiger partial charge in [0.15, 0.2) is 0 Å². The summed E-state index contributed by atoms with van der Waals surface area (Å²) >= 11 is 0. The van der Waals surface area contributed by atoms with E-state index in [1.807, 2.05) is 0 Å². The molecule has 22 heavy (non-hydrogen) atoms. The van der Waals surface area contributed by atoms with E-state index in [1.54, 1.807) is 0 Å². The summed E-state index contributed by atoms with van der Waals surface area (Å²) in [5, 5.41) is 41.0. The number of hydrogen-bond acceptors (Lipinski definition) is 6. The Kier molecular flexibility index (Phi) is 10.8. The van der Waals surface area contributed by atoms with Crippen LogP contribution in [0.5, 0.6) is 0 Å². The molecule has 0 aliphatic carbocycles. The van der Waals surface area contributed by atoms with E-state index in [0.29, 0.717) is 0 Å². The third-order valence-corrected chi connectivity index (χ3v) is 2.18. The first-order valence-electron chi connectivity index (χ1n) is 5.83. The zero-order chi connectivity index (χ0) is 17.9. The average molecular weight is 323 g/mol. The molecule has 0 rings (SSSR count). The van der Waals surface area contributed by atoms with Crippen LogP contribution in [0.1, 0.15) is 25.7 Å². The van der Waals surface area contributed by atoms with E-state index in [-0.39, 0.29) is 12.8 Å². The van der Waals surface area contributed by atoms with Crippen LogP contribution in [0.4, 0.5) is 0 Å². The van der Waals surface area contributed by atoms with Crippen molar-refractivity contribution in [3.8, 4) is 0 Å². The highest BCUT2D eigenvalue weighted by Gasteiger charge is 2.23. The van der Waals surface area contributed by atoms with E-state index < -0.39 is 54.6 Å². The molecule has 11 heteroatoms. The van der Waals surface area contributed by atoms with Crippen molar-refractivity contribution in [3.63, 3.8) is 0 Å². The Balaban J connectivity index is 0. The van der Waals surface area contributed by atoms with Gasteiger partial charge in [-0.2, -0.15) is 0 Å². The van der Waals surface area contributed by atoms with Crippen molar-refractivity contribution in [1.82, 2.24) is 0 Å². The maximum atomic E-state index is 10.2. The van der Waals surface area contributed by atoms with Crippen LogP contribution in [0.3, 0.4) is 0 Å². The Morgan fingerprint density at radius 1 is 0.727 bits per heavy atom. The summed E-state index contributed by atoms with van der Waals surface area (Å²) in [6.07, 6.45) is -1.55. The second-order valence-electron chi connectivity index (χ2n) is 4.11. The third-order valence-electron chi connectivity index (χ3n) is 2.18. The molecule has 0 amide bonds. The molecule has 0 saturated heterocycles. The smallest absolute Gasteiger partial charge is 0.320 e. The van der Waals surface area contributed by atoms with Crippen molar-refractivity contribution in [2.24, 2.45) is 11.7 Å². The van der Waals surface area contributed by atoms with E-state index in [9.17, 15) is 24.0 Å². The summed E-state index contributed by atoms with van der Waals surface area (Å²) in [7, 11) is 0. The molecule has 0 fully saturated rings. The van der Waals surface area contributed by atoms with E-state index in [2.05, 4.69) is 0 Å². The molecule has 7 N–H and O–H groups in total. The van der Waals surface area contributed by atoms with E-state index in [4.69, 9.17) is 31.3 Å². The van der Waals surface area contributed by atoms with E-state index in [0.717, 1.165) is 0 Å². The van der Waals surface area contributed by atoms with Crippen LogP contribution in [0, 0.1) is 5.92 Å². The van der Waals surface area contributed by atoms with Crippen molar-refractivity contribution >= 4 is 29.8 Å². The molecule has 0 aliphatic rings. The Labute approximate surface area is 124 Å². The zero-order valence-corrected chi connectivity index (χ0v) is 11.3. The number of carbonyl (C=O) groups is 5. The average Bonchev–Trinajstić information content (AvgIpc) is 2.34. The van der Waals surface area contributed by atoms with E-state index >= 15 is 0 Å². The Hall–Kier alpha value is -2.69. The molecule has 0 heterocycles. The molecule has 0 saturated carbocycles. The van der Waals surface area contributed by atoms with Crippen molar-refractivity contribution in [1.29, 1.82) is 0 Å². The van der Waals surface area contributed by atoms with Gasteiger partial charge in [0.05, 0.1) is 18.8 Å². The standard InChI is InChI=1S/C6H8O6.C5H9NO4/c7-4(8)1-3(6(11)12)2-5(9)10;6-3(5(9)10)1-2-4(7)8/h3H,1-2H2,(H,7,8)(H,9,10)(H,11,12);3H,1-2,6H2,(H,7,8)(H,9,10). The van der Waals surface area contributed by atoms with Gasteiger partial charge in [0, 0.05) is 6.42 Å². The SMILES string of the molecule is NC(CCC(=O)O)C(=O)O.O=C(O)CC(CC(=O)O)C(=O)O. The van der Waals surface area contributed by atoms with Gasteiger partial charge in [0.25, 0.3) is 0 Å². The first kappa shape index (κ1) is 21.6. The van der Waals surface area contributed by atoms with Crippen LogP contribution in [-0.4, -0.2) is 61.4 Å². The highest BCUT2D eigenvalue weighted by atomic mass is 16.4. The minimum atomic E-state index is -1.40. The summed E-state index contributed by atoms with van der Waals surface area (Å²) in [6, 6.07) is -1.06. The van der Waals surface area contributed by atoms with Crippen molar-refractivity contribution < 1.29 is 49.5 Å². The van der Waals surface area contributed by atoms with Crippen LogP contribution in [0.15, 0.2) is 0 Å². The number of hydrogen-bond donors (Lipinski definition) is 6. The fourth-order valence-corrected chi connectivity index (χ4v) is 1.07. The van der Waals surface area contributed by atoms with Gasteiger partial charge in [0.2, 0.25) is 0 Å². The van der Waals surface area contributed by atoms with Crippen molar-refractivity contribution in [2.75, 3.05) is 0 Å². The second-order valence-corrected chi connectivity index (χ2v) is 4.11. The van der Waals surface area contributed by atoms with Crippen molar-refractivity contribution in [3.05, 3.63) is 0 Å². The van der Waals surface area contributed by atoms with E-state index in [1.165, 1.54) is 0 Å². The lowest BCUT2D eigenvalue weighted by Gasteiger charge is -2.04. The Morgan fingerprint density at radius 3 is 1.36 bits per heavy atom. The van der Waals surface area contributed by atoms with Gasteiger partial charge in [-0.3, -0.25) is 24.0 Å². The van der Waals surface area contributed by atoms with Gasteiger partial charge in [-0.25, -0.2) is 0 Å². The molecule has 1 unspecified atom stereocenters. The number of carboxylic acids is 5. The fourth-order valence-electron chi connectivity index (χ4n) is 1.07. The molecule has 0 spiro atoms. The molecule has 11 nitrogen and oxygen atoms in total. The molecule has 0 aromatic rings. The fraction of sp³-hybridized carbons (Fsp3) is 0.545. The van der Waals surface area contributed by atoms with Gasteiger partial charge in [0.1, 0.15) is 6.04 Å². The topological polar surface area (TPSA) is 213 Å². The maximum Gasteiger partial charge on any atom is 0.320 e. The van der Waals surface area contributed by atoms with Crippen LogP contribution in [0.25, 0.3) is 0 Å². The zero-order valence-electron chi connectivity index (χ0n) is 11.3. The monoisotopic (exact) mass is 323 g/mol. The Morgan fingerprint density at radius 2 is 1.14 bits per heavy atom. The summed E-state index contributed by atoms with van der Waals surface area (Å²) in [5.41, 5.74) is 5.00. The van der Waals surface area contributed by atoms with Crippen LogP contribution >= 0.6 is 0 Å². The first-order valence-corrected chi connectivity index (χ1v) is 5.83. The first-order chi connectivity index (χ1) is 9.97. The predicted octanol–water partition coefficient (Wildman–Crippen LogP) is -1.10. The number of rotatable bonds is 9. The highest BCUT2D eigenvalue weighted by Crippen LogP contribution is 2.08. The molecule has 0 aliphatic heterocycles. The molecular formula is C11H17NO10. The molecule has 0 aromatic heterocycles. The van der Waals surface area contributed by atoms with Gasteiger partial charge in [-0.05, 0) is 6.42 Å². The molecule has 126 valence electrons. The lowest BCUT2D eigenvalue weighted by atomic mass is 10.0. The molecule has 0 radical (unpaired) electrons. The number of nitrogens with two attached hydrogens (primary N) is 1. The van der Waals surface area contributed by atoms with Gasteiger partial charge in [-0.1, -0.05) is 0 Å². The largest absolute Gasteiger partial charge is 0.481 e. The number of aliphatic carboxylic acids is 5. The van der Waals surface area contributed by atoms with Crippen molar-refractivity contribution in [2.45, 2.75) is 31.7 Å². The minimum Gasteiger partial charge on any atom is -0.481 e. The quantitative estimate of drug-likeness (QED) is 0.299. The predicted molar refractivity (Wildman–Crippen MR) is 68.1 cm³/mol. The summed E-state index contributed by atoms with van der Waals surface area (Å²) in [5.74, 6) is -7.58. The number of carboxylic acid groups (broad SMARTS) is 5. The second kappa shape index (κ2) is 11.0. The third kappa shape index (κ3) is 13.7. The molecular weight excluding hydrogens is 306 g/mol. The van der Waals surface area contributed by atoms with Crippen LogP contribution < -0.4 is 5.73 Å². The lowest BCUT2D eigenvalue weighted by molar-refractivity contribution is -0.152. The minimum absolute atomic E-state index is 0.0231. The van der Waals surface area contributed by atoms with Crippen LogP contribution in [-0.2, 0) is 24.0 Å². The molecule has 0 aromatic carbocycles. The maximum absolute atomic E-state index is 10.2. The molecule has 0 bridgehead atoms. The highest BCUT2D eigenvalue weighted by molar-refractivity contribution is 5.82. The lowest BCUT2D eigenvalue weighted by Crippen LogP contribution is -2.30. The normalized spacial score (nSPS) is 11.0. The van der Waals surface area contributed by atoms with Gasteiger partial charge < -0.3 is 31.3 Å². The summed E-state index contributed by atoms with van der Waals surface area (Å²) in [4.78, 5) is 50.2. The Bertz CT molecular complexity index is 417. The molecule has 1 atom stereocenters. The van der Waals surface area contributed by atoms with Crippen LogP contribution in [0.2, 0.25) is 0 Å². The summed E-state index contributed by atoms with van der Waals surface area (Å²) < 4.78 is 0.